The van der Waals surface area contributed by atoms with E-state index in [2.05, 4.69) is 0 Å². The molecule has 0 atom stereocenters. The van der Waals surface area contributed by atoms with Crippen molar-refractivity contribution in [2.45, 2.75) is 0 Å². The summed E-state index contributed by atoms with van der Waals surface area (Å²) in [6.07, 6.45) is 0. The molecule has 3 rings (SSSR count). The van der Waals surface area contributed by atoms with Crippen molar-refractivity contribution in [3.8, 4) is 11.5 Å². The first-order chi connectivity index (χ1) is 13.4. The van der Waals surface area contributed by atoms with Gasteiger partial charge in [-0.05, 0) is 24.3 Å². The largest absolute Gasteiger partial charge is 0.494 e. The minimum Gasteiger partial charge on any atom is -0.494 e. The molecule has 0 spiro atoms. The number of hydrogen-bond donors (Lipinski definition) is 0. The Kier molecular flexibility index (Phi) is 5.04. The van der Waals surface area contributed by atoms with E-state index in [1.165, 1.54) is 14.2 Å². The van der Waals surface area contributed by atoms with Gasteiger partial charge in [0.1, 0.15) is 22.9 Å². The van der Waals surface area contributed by atoms with E-state index in [-0.39, 0.29) is 0 Å². The molecular weight excluding hydrogens is 364 g/mol. The molecule has 28 heavy (non-hydrogen) atoms. The number of benzene rings is 2. The highest BCUT2D eigenvalue weighted by Crippen LogP contribution is 2.56. The van der Waals surface area contributed by atoms with Gasteiger partial charge in [0.05, 0.1) is 50.9 Å². The molecule has 148 valence electrons. The third-order valence-corrected chi connectivity index (χ3v) is 4.82. The minimum absolute atomic E-state index is 0.365. The number of hydrogen-bond acceptors (Lipinski definition) is 8. The van der Waals surface area contributed by atoms with Crippen LogP contribution >= 0.6 is 0 Å². The van der Waals surface area contributed by atoms with Crippen LogP contribution in [0.15, 0.2) is 24.3 Å². The molecule has 0 bridgehead atoms. The van der Waals surface area contributed by atoms with Gasteiger partial charge >= 0.3 is 11.9 Å². The number of nitrogens with zero attached hydrogens (tertiary/aromatic N) is 2. The number of rotatable bonds is 4. The Labute approximate surface area is 163 Å². The summed E-state index contributed by atoms with van der Waals surface area (Å²) < 4.78 is 21.0. The van der Waals surface area contributed by atoms with Crippen molar-refractivity contribution in [3.63, 3.8) is 0 Å². The lowest BCUT2D eigenvalue weighted by Gasteiger charge is -2.39. The summed E-state index contributed by atoms with van der Waals surface area (Å²) in [5.74, 6) is 0.124. The summed E-state index contributed by atoms with van der Waals surface area (Å²) in [6, 6.07) is 6.68. The van der Waals surface area contributed by atoms with Gasteiger partial charge in [0.25, 0.3) is 0 Å². The lowest BCUT2D eigenvalue weighted by molar-refractivity contribution is 0.0592. The maximum absolute atomic E-state index is 12.4. The van der Waals surface area contributed by atoms with Gasteiger partial charge in [0.15, 0.2) is 0 Å². The van der Waals surface area contributed by atoms with E-state index in [1.54, 1.807) is 62.4 Å². The second-order valence-corrected chi connectivity index (χ2v) is 6.13. The smallest absolute Gasteiger partial charge is 0.340 e. The molecule has 8 nitrogen and oxygen atoms in total. The van der Waals surface area contributed by atoms with Crippen LogP contribution in [0.1, 0.15) is 20.7 Å². The number of carbonyl (C=O) groups excluding carboxylic acids is 2. The van der Waals surface area contributed by atoms with Crippen LogP contribution in [0.3, 0.4) is 0 Å². The molecular formula is C20H22N2O6. The highest BCUT2D eigenvalue weighted by atomic mass is 16.5. The van der Waals surface area contributed by atoms with Gasteiger partial charge in [-0.2, -0.15) is 0 Å². The molecule has 0 fully saturated rings. The van der Waals surface area contributed by atoms with Gasteiger partial charge in [-0.15, -0.1) is 0 Å². The summed E-state index contributed by atoms with van der Waals surface area (Å²) in [5, 5.41) is 0. The van der Waals surface area contributed by atoms with E-state index < -0.39 is 11.9 Å². The Morgan fingerprint density at radius 2 is 1.00 bits per heavy atom. The van der Waals surface area contributed by atoms with Crippen LogP contribution in [0.25, 0.3) is 0 Å². The number of fused-ring (bicyclic) bond motifs is 2. The summed E-state index contributed by atoms with van der Waals surface area (Å²) >= 11 is 0. The zero-order chi connectivity index (χ0) is 20.6. The molecule has 2 aromatic carbocycles. The minimum atomic E-state index is -0.481. The normalized spacial score (nSPS) is 12.1. The Hall–Kier alpha value is -3.42. The SMILES string of the molecule is COC(=O)c1ccc(OC)c2c1N(C)c1c(OC)ccc(C(=O)OC)c1N2C. The summed E-state index contributed by atoms with van der Waals surface area (Å²) in [5.41, 5.74) is 3.15. The lowest BCUT2D eigenvalue weighted by Crippen LogP contribution is -2.29. The third kappa shape index (κ3) is 2.69. The molecule has 1 aliphatic heterocycles. The first kappa shape index (κ1) is 19.3. The maximum atomic E-state index is 12.4. The molecule has 8 heteroatoms. The first-order valence-corrected chi connectivity index (χ1v) is 8.47. The number of ether oxygens (including phenoxy) is 4. The Balaban J connectivity index is 2.40. The molecule has 0 amide bonds. The van der Waals surface area contributed by atoms with E-state index >= 15 is 0 Å². The fourth-order valence-corrected chi connectivity index (χ4v) is 3.55. The van der Waals surface area contributed by atoms with Crippen LogP contribution in [0.5, 0.6) is 11.5 Å². The topological polar surface area (TPSA) is 77.5 Å². The van der Waals surface area contributed by atoms with Crippen LogP contribution in [-0.4, -0.2) is 54.5 Å². The molecule has 0 aliphatic carbocycles. The highest BCUT2D eigenvalue weighted by molar-refractivity contribution is 6.11. The summed E-state index contributed by atoms with van der Waals surface area (Å²) in [6.45, 7) is 0. The van der Waals surface area contributed by atoms with E-state index in [0.29, 0.717) is 45.4 Å². The quantitative estimate of drug-likeness (QED) is 0.742. The monoisotopic (exact) mass is 386 g/mol. The molecule has 2 aromatic rings. The second kappa shape index (κ2) is 7.30. The molecule has 0 radical (unpaired) electrons. The first-order valence-electron chi connectivity index (χ1n) is 8.47. The van der Waals surface area contributed by atoms with Crippen LogP contribution in [0.2, 0.25) is 0 Å². The van der Waals surface area contributed by atoms with Gasteiger partial charge in [0.2, 0.25) is 0 Å². The van der Waals surface area contributed by atoms with Crippen molar-refractivity contribution >= 4 is 34.7 Å². The number of methoxy groups -OCH3 is 4. The zero-order valence-electron chi connectivity index (χ0n) is 16.7. The van der Waals surface area contributed by atoms with Gasteiger partial charge in [-0.25, -0.2) is 9.59 Å². The van der Waals surface area contributed by atoms with Crippen molar-refractivity contribution in [2.75, 3.05) is 52.3 Å². The summed E-state index contributed by atoms with van der Waals surface area (Å²) in [4.78, 5) is 28.4. The van der Waals surface area contributed by atoms with E-state index in [4.69, 9.17) is 18.9 Å². The number of anilines is 4. The summed E-state index contributed by atoms with van der Waals surface area (Å²) in [7, 11) is 9.33. The molecule has 1 aliphatic rings. The Morgan fingerprint density at radius 1 is 0.643 bits per heavy atom. The van der Waals surface area contributed by atoms with Crippen molar-refractivity contribution in [2.24, 2.45) is 0 Å². The highest BCUT2D eigenvalue weighted by Gasteiger charge is 2.36. The fourth-order valence-electron chi connectivity index (χ4n) is 3.55. The van der Waals surface area contributed by atoms with E-state index in [1.807, 2.05) is 0 Å². The third-order valence-electron chi connectivity index (χ3n) is 4.82. The van der Waals surface area contributed by atoms with Crippen molar-refractivity contribution < 1.29 is 28.5 Å². The molecule has 0 saturated carbocycles. The van der Waals surface area contributed by atoms with Gasteiger partial charge in [-0.1, -0.05) is 0 Å². The van der Waals surface area contributed by atoms with Crippen molar-refractivity contribution in [1.82, 2.24) is 0 Å². The fraction of sp³-hybridized carbons (Fsp3) is 0.300. The molecule has 0 N–H and O–H groups in total. The molecule has 1 heterocycles. The molecule has 0 saturated heterocycles. The predicted molar refractivity (Wildman–Crippen MR) is 105 cm³/mol. The molecule has 0 unspecified atom stereocenters. The van der Waals surface area contributed by atoms with Crippen molar-refractivity contribution in [1.29, 1.82) is 0 Å². The zero-order valence-corrected chi connectivity index (χ0v) is 16.7. The van der Waals surface area contributed by atoms with Crippen LogP contribution in [0.4, 0.5) is 22.7 Å². The van der Waals surface area contributed by atoms with Crippen LogP contribution in [-0.2, 0) is 9.47 Å². The predicted octanol–water partition coefficient (Wildman–Crippen LogP) is 3.13. The van der Waals surface area contributed by atoms with Crippen molar-refractivity contribution in [3.05, 3.63) is 35.4 Å². The second-order valence-electron chi connectivity index (χ2n) is 6.13. The average Bonchev–Trinajstić information content (AvgIpc) is 2.74. The Bertz CT molecular complexity index is 879. The van der Waals surface area contributed by atoms with E-state index in [9.17, 15) is 9.59 Å². The standard InChI is InChI=1S/C20H22N2O6/c1-21-15-11(19(23)27-5)7-10-14(26-4)18(15)22(2)16-12(20(24)28-6)8-9-13(25-3)17(16)21/h7-10H,1-6H3. The van der Waals surface area contributed by atoms with Gasteiger partial charge in [-0.3, -0.25) is 0 Å². The molecule has 0 aromatic heterocycles. The van der Waals surface area contributed by atoms with E-state index in [0.717, 1.165) is 0 Å². The lowest BCUT2D eigenvalue weighted by atomic mass is 9.99. The van der Waals surface area contributed by atoms with Gasteiger partial charge in [0, 0.05) is 14.1 Å². The average molecular weight is 386 g/mol. The number of carbonyl (C=O) groups is 2. The van der Waals surface area contributed by atoms with Crippen LogP contribution < -0.4 is 19.3 Å². The maximum Gasteiger partial charge on any atom is 0.340 e. The van der Waals surface area contributed by atoms with Gasteiger partial charge < -0.3 is 28.7 Å². The Morgan fingerprint density at radius 3 is 1.29 bits per heavy atom. The number of esters is 2. The van der Waals surface area contributed by atoms with Crippen LogP contribution in [0, 0.1) is 0 Å².